The number of nitrogens with zero attached hydrogens (tertiary/aromatic N) is 3. The van der Waals surface area contributed by atoms with E-state index < -0.39 is 0 Å². The topological polar surface area (TPSA) is 49.6 Å². The summed E-state index contributed by atoms with van der Waals surface area (Å²) in [4.78, 5) is 18.4. The van der Waals surface area contributed by atoms with Gasteiger partial charge in [0, 0.05) is 32.2 Å². The molecule has 2 heterocycles. The lowest BCUT2D eigenvalue weighted by atomic mass is 10.3. The van der Waals surface area contributed by atoms with Gasteiger partial charge in [-0.1, -0.05) is 0 Å². The maximum absolute atomic E-state index is 11.4. The van der Waals surface area contributed by atoms with Gasteiger partial charge in [0.2, 0.25) is 5.91 Å². The molecule has 2 rings (SSSR count). The van der Waals surface area contributed by atoms with Crippen LogP contribution in [0.4, 0.5) is 0 Å². The molecule has 0 saturated heterocycles. The second-order valence-electron chi connectivity index (χ2n) is 4.09. The van der Waals surface area contributed by atoms with E-state index in [9.17, 15) is 4.79 Å². The monoisotopic (exact) mass is 252 g/mol. The second-order valence-corrected chi connectivity index (χ2v) is 4.96. The number of hydrogen-bond acceptors (Lipinski definition) is 4. The van der Waals surface area contributed by atoms with E-state index in [-0.39, 0.29) is 5.91 Å². The van der Waals surface area contributed by atoms with E-state index in [0.717, 1.165) is 16.3 Å². The van der Waals surface area contributed by atoms with Crippen LogP contribution in [-0.2, 0) is 11.3 Å². The Morgan fingerprint density at radius 1 is 1.59 bits per heavy atom. The van der Waals surface area contributed by atoms with Crippen LogP contribution in [0, 0.1) is 6.92 Å². The third kappa shape index (κ3) is 2.48. The highest BCUT2D eigenvalue weighted by atomic mass is 32.1. The second kappa shape index (κ2) is 4.85. The van der Waals surface area contributed by atoms with Gasteiger partial charge >= 0.3 is 0 Å². The van der Waals surface area contributed by atoms with E-state index in [2.05, 4.69) is 14.7 Å². The minimum Gasteiger partial charge on any atom is -0.348 e. The summed E-state index contributed by atoms with van der Waals surface area (Å²) in [6, 6.07) is 0. The molecule has 0 aliphatic heterocycles. The highest BCUT2D eigenvalue weighted by Gasteiger charge is 2.10. The SMILES string of the molecule is Cc1nc2sccn2c1CNCC(=O)N(C)C. The Balaban J connectivity index is 2.01. The minimum atomic E-state index is 0.0775. The number of aromatic nitrogens is 2. The molecule has 1 amide bonds. The molecule has 0 spiro atoms. The molecule has 2 aromatic heterocycles. The number of fused-ring (bicyclic) bond motifs is 1. The zero-order valence-electron chi connectivity index (χ0n) is 10.2. The van der Waals surface area contributed by atoms with Crippen molar-refractivity contribution in [1.82, 2.24) is 19.6 Å². The van der Waals surface area contributed by atoms with Gasteiger partial charge in [0.25, 0.3) is 0 Å². The molecular weight excluding hydrogens is 236 g/mol. The molecule has 0 saturated carbocycles. The first-order chi connectivity index (χ1) is 8.09. The van der Waals surface area contributed by atoms with Gasteiger partial charge in [0.05, 0.1) is 17.9 Å². The van der Waals surface area contributed by atoms with E-state index >= 15 is 0 Å². The minimum absolute atomic E-state index is 0.0775. The van der Waals surface area contributed by atoms with Crippen molar-refractivity contribution in [3.8, 4) is 0 Å². The van der Waals surface area contributed by atoms with Gasteiger partial charge in [0.15, 0.2) is 4.96 Å². The van der Waals surface area contributed by atoms with Crippen LogP contribution >= 0.6 is 11.3 Å². The van der Waals surface area contributed by atoms with Gasteiger partial charge in [-0.25, -0.2) is 4.98 Å². The van der Waals surface area contributed by atoms with Crippen LogP contribution in [0.5, 0.6) is 0 Å². The Labute approximate surface area is 104 Å². The molecule has 0 atom stereocenters. The van der Waals surface area contributed by atoms with Crippen molar-refractivity contribution in [2.45, 2.75) is 13.5 Å². The molecule has 0 bridgehead atoms. The van der Waals surface area contributed by atoms with Gasteiger partial charge in [-0.2, -0.15) is 0 Å². The first-order valence-corrected chi connectivity index (χ1v) is 6.29. The highest BCUT2D eigenvalue weighted by Crippen LogP contribution is 2.16. The summed E-state index contributed by atoms with van der Waals surface area (Å²) in [6.07, 6.45) is 2.00. The van der Waals surface area contributed by atoms with Gasteiger partial charge in [0.1, 0.15) is 0 Å². The van der Waals surface area contributed by atoms with Crippen molar-refractivity contribution in [1.29, 1.82) is 0 Å². The molecule has 2 aromatic rings. The molecule has 0 unspecified atom stereocenters. The summed E-state index contributed by atoms with van der Waals surface area (Å²) in [7, 11) is 3.51. The summed E-state index contributed by atoms with van der Waals surface area (Å²) in [5.41, 5.74) is 2.13. The first kappa shape index (κ1) is 12.1. The summed E-state index contributed by atoms with van der Waals surface area (Å²) < 4.78 is 2.06. The van der Waals surface area contributed by atoms with Crippen LogP contribution in [0.1, 0.15) is 11.4 Å². The van der Waals surface area contributed by atoms with Crippen molar-refractivity contribution in [3.63, 3.8) is 0 Å². The number of hydrogen-bond donors (Lipinski definition) is 1. The maximum Gasteiger partial charge on any atom is 0.236 e. The fourth-order valence-corrected chi connectivity index (χ4v) is 2.38. The lowest BCUT2D eigenvalue weighted by Gasteiger charge is -2.10. The molecule has 0 aliphatic carbocycles. The van der Waals surface area contributed by atoms with E-state index in [4.69, 9.17) is 0 Å². The number of likely N-dealkylation sites (N-methyl/N-ethyl adjacent to an activating group) is 1. The van der Waals surface area contributed by atoms with Crippen molar-refractivity contribution in [3.05, 3.63) is 23.0 Å². The quantitative estimate of drug-likeness (QED) is 0.879. The number of thiazole rings is 1. The van der Waals surface area contributed by atoms with Crippen LogP contribution in [0.2, 0.25) is 0 Å². The molecule has 0 aliphatic rings. The van der Waals surface area contributed by atoms with Crippen LogP contribution in [0.3, 0.4) is 0 Å². The zero-order chi connectivity index (χ0) is 12.4. The standard InChI is InChI=1S/C11H16N4OS/c1-8-9(6-12-7-10(16)14(2)3)15-4-5-17-11(15)13-8/h4-5,12H,6-7H2,1-3H3. The maximum atomic E-state index is 11.4. The number of carbonyl (C=O) groups is 1. The van der Waals surface area contributed by atoms with Gasteiger partial charge in [-0.05, 0) is 6.92 Å². The summed E-state index contributed by atoms with van der Waals surface area (Å²) in [5.74, 6) is 0.0775. The molecule has 1 N–H and O–H groups in total. The molecular formula is C11H16N4OS. The van der Waals surface area contributed by atoms with Crippen molar-refractivity contribution in [2.24, 2.45) is 0 Å². The van der Waals surface area contributed by atoms with Gasteiger partial charge in [-0.15, -0.1) is 11.3 Å². The molecule has 5 nitrogen and oxygen atoms in total. The van der Waals surface area contributed by atoms with E-state index in [1.54, 1.807) is 30.3 Å². The van der Waals surface area contributed by atoms with E-state index in [1.807, 2.05) is 18.5 Å². The van der Waals surface area contributed by atoms with Crippen LogP contribution < -0.4 is 5.32 Å². The number of aryl methyl sites for hydroxylation is 1. The molecule has 0 radical (unpaired) electrons. The first-order valence-electron chi connectivity index (χ1n) is 5.41. The largest absolute Gasteiger partial charge is 0.348 e. The predicted octanol–water partition coefficient (Wildman–Crippen LogP) is 0.882. The van der Waals surface area contributed by atoms with Crippen LogP contribution in [0.25, 0.3) is 4.96 Å². The molecule has 0 fully saturated rings. The molecule has 92 valence electrons. The highest BCUT2D eigenvalue weighted by molar-refractivity contribution is 7.15. The molecule has 6 heteroatoms. The third-order valence-corrected chi connectivity index (χ3v) is 3.39. The van der Waals surface area contributed by atoms with Gasteiger partial charge in [-0.3, -0.25) is 9.20 Å². The Morgan fingerprint density at radius 2 is 2.35 bits per heavy atom. The Kier molecular flexibility index (Phi) is 3.44. The Morgan fingerprint density at radius 3 is 3.06 bits per heavy atom. The summed E-state index contributed by atoms with van der Waals surface area (Å²) in [5, 5.41) is 5.15. The molecule has 0 aromatic carbocycles. The number of rotatable bonds is 4. The Hall–Kier alpha value is -1.40. The smallest absolute Gasteiger partial charge is 0.236 e. The van der Waals surface area contributed by atoms with Crippen LogP contribution in [0.15, 0.2) is 11.6 Å². The average Bonchev–Trinajstić information content (AvgIpc) is 2.80. The van der Waals surface area contributed by atoms with E-state index in [1.165, 1.54) is 0 Å². The third-order valence-electron chi connectivity index (χ3n) is 2.63. The van der Waals surface area contributed by atoms with Crippen molar-refractivity contribution >= 4 is 22.2 Å². The number of nitrogens with one attached hydrogen (secondary N) is 1. The fourth-order valence-electron chi connectivity index (χ4n) is 1.60. The van der Waals surface area contributed by atoms with Crippen molar-refractivity contribution in [2.75, 3.05) is 20.6 Å². The summed E-state index contributed by atoms with van der Waals surface area (Å²) in [6.45, 7) is 3.00. The average molecular weight is 252 g/mol. The van der Waals surface area contributed by atoms with Crippen molar-refractivity contribution < 1.29 is 4.79 Å². The van der Waals surface area contributed by atoms with Crippen LogP contribution in [-0.4, -0.2) is 40.8 Å². The number of carbonyl (C=O) groups excluding carboxylic acids is 1. The van der Waals surface area contributed by atoms with Gasteiger partial charge < -0.3 is 10.2 Å². The lowest BCUT2D eigenvalue weighted by Crippen LogP contribution is -2.32. The number of imidazole rings is 1. The fraction of sp³-hybridized carbons (Fsp3) is 0.455. The zero-order valence-corrected chi connectivity index (χ0v) is 11.0. The molecule has 17 heavy (non-hydrogen) atoms. The lowest BCUT2D eigenvalue weighted by molar-refractivity contribution is -0.127. The number of amides is 1. The predicted molar refractivity (Wildman–Crippen MR) is 68.2 cm³/mol. The van der Waals surface area contributed by atoms with E-state index in [0.29, 0.717) is 13.1 Å². The Bertz CT molecular complexity index is 529. The normalized spacial score (nSPS) is 11.0. The summed E-state index contributed by atoms with van der Waals surface area (Å²) >= 11 is 1.62.